The maximum absolute atomic E-state index is 8.49. The van der Waals surface area contributed by atoms with Crippen molar-refractivity contribution in [2.45, 2.75) is 63.6 Å². The average molecular weight is 871 g/mol. The molecule has 245 valence electrons. The van der Waals surface area contributed by atoms with Gasteiger partial charge in [-0.15, -0.1) is 23.8 Å². The van der Waals surface area contributed by atoms with Crippen LogP contribution in [0.4, 0.5) is 0 Å². The largest absolute Gasteiger partial charge is 0.304 e. The molecule has 0 atom stereocenters. The van der Waals surface area contributed by atoms with Crippen LogP contribution in [0.15, 0.2) is 109 Å². The van der Waals surface area contributed by atoms with Crippen LogP contribution < -0.4 is 4.40 Å². The second kappa shape index (κ2) is 14.9. The van der Waals surface area contributed by atoms with Crippen LogP contribution in [0.1, 0.15) is 63.0 Å². The van der Waals surface area contributed by atoms with Gasteiger partial charge in [0, 0.05) is 31.8 Å². The summed E-state index contributed by atoms with van der Waals surface area (Å²) in [4.78, 5) is 9.09. The summed E-state index contributed by atoms with van der Waals surface area (Å²) in [5.74, 6) is 5.38. The van der Waals surface area contributed by atoms with E-state index in [2.05, 4.69) is 81.8 Å². The van der Waals surface area contributed by atoms with Crippen molar-refractivity contribution in [2.75, 3.05) is 0 Å². The van der Waals surface area contributed by atoms with Gasteiger partial charge in [-0.3, -0.25) is 0 Å². The SMILES string of the molecule is [2H]C(C)(C)c1cc(-c2[c-]cccc2)nc[c]1[Ge]([CH3])([CH3])[CH3].[2H]C([2H])([2H])c1cnc(-c2[c-]cc3c4ccccc4c4ccccc4c3c2)cc1C([2H])(C)C.[Ir]. The molecule has 0 saturated carbocycles. The van der Waals surface area contributed by atoms with Gasteiger partial charge in [-0.1, -0.05) is 84.6 Å². The first-order valence-corrected chi connectivity index (χ1v) is 23.4. The second-order valence-corrected chi connectivity index (χ2v) is 24.1. The van der Waals surface area contributed by atoms with Crippen molar-refractivity contribution in [1.29, 1.82) is 0 Å². The maximum atomic E-state index is 8.49. The predicted molar refractivity (Wildman–Crippen MR) is 205 cm³/mol. The Kier molecular flexibility index (Phi) is 9.08. The normalized spacial score (nSPS) is 13.8. The van der Waals surface area contributed by atoms with Gasteiger partial charge in [0.25, 0.3) is 0 Å². The van der Waals surface area contributed by atoms with E-state index in [4.69, 9.17) is 6.85 Å². The summed E-state index contributed by atoms with van der Waals surface area (Å²) in [6.07, 6.45) is 3.40. The van der Waals surface area contributed by atoms with Gasteiger partial charge in [0.2, 0.25) is 0 Å². The number of pyridine rings is 2. The zero-order valence-corrected chi connectivity index (χ0v) is 33.1. The summed E-state index contributed by atoms with van der Waals surface area (Å²) >= 11 is -2.03. The van der Waals surface area contributed by atoms with Crippen molar-refractivity contribution < 1.29 is 27.0 Å². The third-order valence-corrected chi connectivity index (χ3v) is 12.9. The van der Waals surface area contributed by atoms with Gasteiger partial charge < -0.3 is 4.98 Å². The van der Waals surface area contributed by atoms with E-state index in [1.54, 1.807) is 19.9 Å². The molecule has 0 aliphatic carbocycles. The molecule has 7 rings (SSSR count). The van der Waals surface area contributed by atoms with Crippen LogP contribution in [0.2, 0.25) is 17.3 Å². The van der Waals surface area contributed by atoms with Crippen molar-refractivity contribution in [2.24, 2.45) is 0 Å². The van der Waals surface area contributed by atoms with E-state index in [9.17, 15) is 0 Å². The topological polar surface area (TPSA) is 25.8 Å². The van der Waals surface area contributed by atoms with Crippen LogP contribution in [0, 0.1) is 19.0 Å². The monoisotopic (exact) mass is 872 g/mol. The van der Waals surface area contributed by atoms with Crippen molar-refractivity contribution in [1.82, 2.24) is 9.97 Å². The van der Waals surface area contributed by atoms with Gasteiger partial charge in [0.15, 0.2) is 0 Å². The van der Waals surface area contributed by atoms with E-state index in [0.29, 0.717) is 11.3 Å². The van der Waals surface area contributed by atoms with Crippen LogP contribution in [0.3, 0.4) is 0 Å². The van der Waals surface area contributed by atoms with Crippen molar-refractivity contribution in [3.8, 4) is 22.5 Å². The number of rotatable bonds is 5. The summed E-state index contributed by atoms with van der Waals surface area (Å²) in [5, 5.41) is 6.92. The fourth-order valence-electron chi connectivity index (χ4n) is 6.17. The maximum Gasteiger partial charge on any atom is 0.0346 e. The Morgan fingerprint density at radius 3 is 1.73 bits per heavy atom. The van der Waals surface area contributed by atoms with Crippen LogP contribution in [-0.2, 0) is 20.1 Å². The van der Waals surface area contributed by atoms with E-state index in [1.807, 2.05) is 68.6 Å². The fraction of sp³-hybridized carbons (Fsp3) is 0.227. The van der Waals surface area contributed by atoms with E-state index in [1.165, 1.54) is 26.8 Å². The molecular formula is C44H44GeIrN2-2. The molecule has 0 aliphatic rings. The number of aromatic nitrogens is 2. The Hall–Kier alpha value is -3.63. The molecular weight excluding hydrogens is 821 g/mol. The molecule has 0 unspecified atom stereocenters. The van der Waals surface area contributed by atoms with Crippen LogP contribution in [-0.4, -0.2) is 23.2 Å². The Bertz CT molecular complexity index is 2370. The summed E-state index contributed by atoms with van der Waals surface area (Å²) in [6, 6.07) is 39.0. The molecule has 0 saturated heterocycles. The smallest absolute Gasteiger partial charge is 0.0346 e. The minimum Gasteiger partial charge on any atom is -0.304 e. The van der Waals surface area contributed by atoms with Crippen molar-refractivity contribution in [3.05, 3.63) is 138 Å². The van der Waals surface area contributed by atoms with E-state index >= 15 is 0 Å². The van der Waals surface area contributed by atoms with Gasteiger partial charge >= 0.3 is 120 Å². The number of fused-ring (bicyclic) bond motifs is 6. The van der Waals surface area contributed by atoms with E-state index < -0.39 is 31.9 Å². The molecule has 5 aromatic carbocycles. The zero-order valence-electron chi connectivity index (χ0n) is 33.6. The first-order chi connectivity index (χ1) is 24.3. The van der Waals surface area contributed by atoms with Crippen LogP contribution in [0.25, 0.3) is 54.8 Å². The van der Waals surface area contributed by atoms with Crippen LogP contribution >= 0.6 is 0 Å². The molecule has 7 aromatic rings. The van der Waals surface area contributed by atoms with Crippen molar-refractivity contribution >= 4 is 50.0 Å². The molecule has 48 heavy (non-hydrogen) atoms. The standard InChI is InChI=1S/C27H22N.C17H22GeN.Ir/c1-17(2)25-15-27(28-16-18(25)3)19-12-13-24-22-10-5-4-8-20(22)21-9-6-7-11-23(21)26(24)14-19;1-13(2)15-11-17(14-9-7-6-8-10-14)19-12-16(15)18(3,4)5;/h4-11,13-17H,1-3H3;6-9,11-13H,1-5H3;/q2*-1;/i3D3,17D;13D;. The molecule has 2 nitrogen and oxygen atoms in total. The quantitative estimate of drug-likeness (QED) is 0.0978. The Balaban J connectivity index is 0.000000223. The number of hydrogen-bond acceptors (Lipinski definition) is 2. The molecule has 4 heteroatoms. The van der Waals surface area contributed by atoms with Crippen LogP contribution in [0.5, 0.6) is 0 Å². The molecule has 1 radical (unpaired) electrons. The number of benzene rings is 5. The molecule has 0 amide bonds. The molecule has 2 heterocycles. The van der Waals surface area contributed by atoms with E-state index in [0.717, 1.165) is 38.5 Å². The van der Waals surface area contributed by atoms with Gasteiger partial charge in [0.1, 0.15) is 0 Å². The average Bonchev–Trinajstić information content (AvgIpc) is 3.10. The fourth-order valence-corrected chi connectivity index (χ4v) is 9.49. The predicted octanol–water partition coefficient (Wildman–Crippen LogP) is 11.7. The summed E-state index contributed by atoms with van der Waals surface area (Å²) in [6.45, 7) is 4.99. The van der Waals surface area contributed by atoms with E-state index in [-0.39, 0.29) is 25.7 Å². The minimum absolute atomic E-state index is 0. The third-order valence-electron chi connectivity index (χ3n) is 8.63. The number of hydrogen-bond donors (Lipinski definition) is 0. The summed E-state index contributed by atoms with van der Waals surface area (Å²) in [5.41, 5.74) is 5.00. The molecule has 0 aliphatic heterocycles. The molecule has 0 bridgehead atoms. The Morgan fingerprint density at radius 1 is 0.625 bits per heavy atom. The number of nitrogens with zero attached hydrogens (tertiary/aromatic N) is 2. The first kappa shape index (κ1) is 29.3. The van der Waals surface area contributed by atoms with Gasteiger partial charge in [0.05, 0.1) is 0 Å². The molecule has 2 aromatic heterocycles. The molecule has 0 N–H and O–H groups in total. The van der Waals surface area contributed by atoms with Crippen molar-refractivity contribution in [3.63, 3.8) is 0 Å². The summed E-state index contributed by atoms with van der Waals surface area (Å²) < 4.78 is 41.8. The number of aryl methyl sites for hydroxylation is 1. The first-order valence-electron chi connectivity index (χ1n) is 18.6. The Morgan fingerprint density at radius 2 is 1.17 bits per heavy atom. The molecule has 0 spiro atoms. The van der Waals surface area contributed by atoms with Gasteiger partial charge in [-0.2, -0.15) is 0 Å². The Labute approximate surface area is 309 Å². The second-order valence-electron chi connectivity index (χ2n) is 13.5. The summed E-state index contributed by atoms with van der Waals surface area (Å²) in [7, 11) is 0. The third kappa shape index (κ3) is 7.34. The molecule has 0 fully saturated rings. The zero-order chi connectivity index (χ0) is 37.6. The minimum atomic E-state index is -2.32. The van der Waals surface area contributed by atoms with Gasteiger partial charge in [-0.05, 0) is 45.7 Å². The van der Waals surface area contributed by atoms with Gasteiger partial charge in [-0.25, -0.2) is 0 Å².